The molecule has 2 rings (SSSR count). The minimum Gasteiger partial charge on any atom is -0.344 e. The van der Waals surface area contributed by atoms with Crippen LogP contribution >= 0.6 is 0 Å². The van der Waals surface area contributed by atoms with Gasteiger partial charge in [-0.2, -0.15) is 5.10 Å². The number of nitrogens with one attached hydrogen (secondary N) is 1. The molecule has 0 saturated heterocycles. The Morgan fingerprint density at radius 2 is 2.19 bits per heavy atom. The van der Waals surface area contributed by atoms with Gasteiger partial charge >= 0.3 is 0 Å². The van der Waals surface area contributed by atoms with Crippen molar-refractivity contribution in [2.75, 3.05) is 20.6 Å². The lowest BCUT2D eigenvalue weighted by Gasteiger charge is -2.27. The minimum atomic E-state index is -0.296. The average Bonchev–Trinajstić information content (AvgIpc) is 2.92. The van der Waals surface area contributed by atoms with Gasteiger partial charge in [0.15, 0.2) is 0 Å². The Hall–Kier alpha value is -1.36. The largest absolute Gasteiger partial charge is 0.344 e. The summed E-state index contributed by atoms with van der Waals surface area (Å²) in [7, 11) is 5.60. The third kappa shape index (κ3) is 4.30. The fourth-order valence-electron chi connectivity index (χ4n) is 3.20. The molecule has 0 aromatic carbocycles. The summed E-state index contributed by atoms with van der Waals surface area (Å²) in [5.74, 6) is 0.932. The molecule has 0 bridgehead atoms. The first-order valence-corrected chi connectivity index (χ1v) is 8.02. The normalized spacial score (nSPS) is 17.7. The van der Waals surface area contributed by atoms with Crippen molar-refractivity contribution in [3.63, 3.8) is 0 Å². The number of aromatic nitrogens is 2. The standard InChI is InChI=1S/C16H28N4O/c1-17-15(14-11-18-20(3)12-14)16(21)19(2)10-9-13-7-5-4-6-8-13/h11-13,15,17H,4-10H2,1-3H3. The second-order valence-corrected chi connectivity index (χ2v) is 6.22. The molecule has 21 heavy (non-hydrogen) atoms. The number of carbonyl (C=O) groups is 1. The predicted molar refractivity (Wildman–Crippen MR) is 83.8 cm³/mol. The maximum Gasteiger partial charge on any atom is 0.244 e. The molecular weight excluding hydrogens is 264 g/mol. The predicted octanol–water partition coefficient (Wildman–Crippen LogP) is 2.11. The Kier molecular flexibility index (Phi) is 5.79. The molecule has 1 amide bonds. The molecule has 1 saturated carbocycles. The van der Waals surface area contributed by atoms with Gasteiger partial charge in [0.25, 0.3) is 0 Å². The van der Waals surface area contributed by atoms with Crippen LogP contribution in [0.25, 0.3) is 0 Å². The molecule has 1 unspecified atom stereocenters. The van der Waals surface area contributed by atoms with Crippen molar-refractivity contribution in [1.29, 1.82) is 0 Å². The van der Waals surface area contributed by atoms with Crippen molar-refractivity contribution in [1.82, 2.24) is 20.0 Å². The second-order valence-electron chi connectivity index (χ2n) is 6.22. The molecule has 5 heteroatoms. The maximum atomic E-state index is 12.6. The summed E-state index contributed by atoms with van der Waals surface area (Å²) in [6.45, 7) is 0.849. The third-order valence-electron chi connectivity index (χ3n) is 4.57. The lowest BCUT2D eigenvalue weighted by atomic mass is 9.87. The highest BCUT2D eigenvalue weighted by Gasteiger charge is 2.24. The van der Waals surface area contributed by atoms with Gasteiger partial charge in [-0.15, -0.1) is 0 Å². The lowest BCUT2D eigenvalue weighted by molar-refractivity contribution is -0.132. The molecule has 0 radical (unpaired) electrons. The van der Waals surface area contributed by atoms with Crippen LogP contribution < -0.4 is 5.32 Å². The summed E-state index contributed by atoms with van der Waals surface area (Å²) in [5.41, 5.74) is 0.925. The fraction of sp³-hybridized carbons (Fsp3) is 0.750. The third-order valence-corrected chi connectivity index (χ3v) is 4.57. The molecule has 1 aliphatic rings. The van der Waals surface area contributed by atoms with Gasteiger partial charge in [-0.3, -0.25) is 9.48 Å². The van der Waals surface area contributed by atoms with Gasteiger partial charge in [-0.25, -0.2) is 0 Å². The van der Waals surface area contributed by atoms with Crippen LogP contribution in [0.15, 0.2) is 12.4 Å². The van der Waals surface area contributed by atoms with Crippen molar-refractivity contribution in [2.24, 2.45) is 13.0 Å². The molecule has 1 aromatic rings. The lowest BCUT2D eigenvalue weighted by Crippen LogP contribution is -2.38. The molecule has 1 heterocycles. The number of aryl methyl sites for hydroxylation is 1. The van der Waals surface area contributed by atoms with Crippen molar-refractivity contribution in [3.05, 3.63) is 18.0 Å². The van der Waals surface area contributed by atoms with Crippen molar-refractivity contribution >= 4 is 5.91 Å². The van der Waals surface area contributed by atoms with Gasteiger partial charge in [0.1, 0.15) is 6.04 Å². The minimum absolute atomic E-state index is 0.126. The summed E-state index contributed by atoms with van der Waals surface area (Å²) >= 11 is 0. The van der Waals surface area contributed by atoms with Crippen LogP contribution in [-0.2, 0) is 11.8 Å². The first kappa shape index (κ1) is 16.0. The van der Waals surface area contributed by atoms with Crippen molar-refractivity contribution < 1.29 is 4.79 Å². The van der Waals surface area contributed by atoms with E-state index in [0.29, 0.717) is 0 Å². The van der Waals surface area contributed by atoms with E-state index in [1.165, 1.54) is 32.1 Å². The number of nitrogens with zero attached hydrogens (tertiary/aromatic N) is 3. The van der Waals surface area contributed by atoms with Gasteiger partial charge in [-0.05, 0) is 19.4 Å². The van der Waals surface area contributed by atoms with Crippen LogP contribution in [-0.4, -0.2) is 41.2 Å². The van der Waals surface area contributed by atoms with E-state index >= 15 is 0 Å². The highest BCUT2D eigenvalue weighted by Crippen LogP contribution is 2.26. The summed E-state index contributed by atoms with van der Waals surface area (Å²) in [6, 6.07) is -0.296. The van der Waals surface area contributed by atoms with E-state index in [2.05, 4.69) is 10.4 Å². The number of rotatable bonds is 6. The monoisotopic (exact) mass is 292 g/mol. The Labute approximate surface area is 127 Å². The molecule has 1 aliphatic carbocycles. The fourth-order valence-corrected chi connectivity index (χ4v) is 3.20. The Balaban J connectivity index is 1.87. The SMILES string of the molecule is CNC(C(=O)N(C)CCC1CCCCC1)c1cnn(C)c1. The van der Waals surface area contributed by atoms with Crippen LogP contribution in [0, 0.1) is 5.92 Å². The first-order chi connectivity index (χ1) is 10.1. The van der Waals surface area contributed by atoms with Crippen LogP contribution in [0.4, 0.5) is 0 Å². The zero-order valence-corrected chi connectivity index (χ0v) is 13.5. The van der Waals surface area contributed by atoms with Crippen LogP contribution in [0.3, 0.4) is 0 Å². The highest BCUT2D eigenvalue weighted by atomic mass is 16.2. The Bertz CT molecular complexity index is 451. The van der Waals surface area contributed by atoms with Gasteiger partial charge < -0.3 is 10.2 Å². The molecule has 0 aliphatic heterocycles. The van der Waals surface area contributed by atoms with E-state index in [1.54, 1.807) is 10.9 Å². The average molecular weight is 292 g/mol. The first-order valence-electron chi connectivity index (χ1n) is 8.02. The maximum absolute atomic E-state index is 12.6. The van der Waals surface area contributed by atoms with Gasteiger partial charge in [-0.1, -0.05) is 32.1 Å². The summed E-state index contributed by atoms with van der Waals surface area (Å²) in [6.07, 6.45) is 11.6. The summed E-state index contributed by atoms with van der Waals surface area (Å²) < 4.78 is 1.73. The van der Waals surface area contributed by atoms with E-state index in [1.807, 2.05) is 32.2 Å². The number of carbonyl (C=O) groups excluding carboxylic acids is 1. The summed E-state index contributed by atoms with van der Waals surface area (Å²) in [4.78, 5) is 14.4. The second kappa shape index (κ2) is 7.59. The smallest absolute Gasteiger partial charge is 0.244 e. The quantitative estimate of drug-likeness (QED) is 0.873. The highest BCUT2D eigenvalue weighted by molar-refractivity contribution is 5.82. The van der Waals surface area contributed by atoms with E-state index in [9.17, 15) is 4.79 Å². The number of hydrogen-bond donors (Lipinski definition) is 1. The molecular formula is C16H28N4O. The van der Waals surface area contributed by atoms with E-state index in [-0.39, 0.29) is 11.9 Å². The van der Waals surface area contributed by atoms with E-state index < -0.39 is 0 Å². The number of amides is 1. The Morgan fingerprint density at radius 3 is 2.76 bits per heavy atom. The van der Waals surface area contributed by atoms with Crippen molar-refractivity contribution in [3.8, 4) is 0 Å². The van der Waals surface area contributed by atoms with E-state index in [4.69, 9.17) is 0 Å². The molecule has 5 nitrogen and oxygen atoms in total. The zero-order chi connectivity index (χ0) is 15.2. The Morgan fingerprint density at radius 1 is 1.48 bits per heavy atom. The van der Waals surface area contributed by atoms with Crippen LogP contribution in [0.1, 0.15) is 50.1 Å². The molecule has 0 spiro atoms. The van der Waals surface area contributed by atoms with Crippen LogP contribution in [0.2, 0.25) is 0 Å². The number of hydrogen-bond acceptors (Lipinski definition) is 3. The summed E-state index contributed by atoms with van der Waals surface area (Å²) in [5, 5.41) is 7.26. The zero-order valence-electron chi connectivity index (χ0n) is 13.5. The van der Waals surface area contributed by atoms with Gasteiger partial charge in [0.05, 0.1) is 6.20 Å². The van der Waals surface area contributed by atoms with Crippen LogP contribution in [0.5, 0.6) is 0 Å². The molecule has 1 N–H and O–H groups in total. The molecule has 1 aromatic heterocycles. The van der Waals surface area contributed by atoms with Gasteiger partial charge in [0.2, 0.25) is 5.91 Å². The topological polar surface area (TPSA) is 50.2 Å². The van der Waals surface area contributed by atoms with E-state index in [0.717, 1.165) is 24.4 Å². The van der Waals surface area contributed by atoms with Crippen molar-refractivity contribution in [2.45, 2.75) is 44.6 Å². The molecule has 118 valence electrons. The van der Waals surface area contributed by atoms with Gasteiger partial charge in [0, 0.05) is 32.4 Å². The number of likely N-dealkylation sites (N-methyl/N-ethyl adjacent to an activating group) is 2. The molecule has 1 fully saturated rings. The molecule has 1 atom stereocenters.